The van der Waals surface area contributed by atoms with E-state index < -0.39 is 0 Å². The van der Waals surface area contributed by atoms with E-state index in [2.05, 4.69) is 5.32 Å². The van der Waals surface area contributed by atoms with Gasteiger partial charge in [-0.3, -0.25) is 0 Å². The summed E-state index contributed by atoms with van der Waals surface area (Å²) in [6.45, 7) is 3.74. The van der Waals surface area contributed by atoms with E-state index in [1.807, 2.05) is 13.8 Å². The summed E-state index contributed by atoms with van der Waals surface area (Å²) in [5.74, 6) is -0.292. The number of phenolic OH excluding ortho intramolecular Hbond substituents is 2. The van der Waals surface area contributed by atoms with Crippen LogP contribution in [0, 0.1) is 12.7 Å². The molecule has 3 nitrogen and oxygen atoms in total. The second-order valence-corrected chi connectivity index (χ2v) is 4.57. The highest BCUT2D eigenvalue weighted by Gasteiger charge is 2.12. The second kappa shape index (κ2) is 5.18. The number of phenols is 2. The topological polar surface area (TPSA) is 52.5 Å². The highest BCUT2D eigenvalue weighted by atomic mass is 19.1. The van der Waals surface area contributed by atoms with E-state index in [9.17, 15) is 14.6 Å². The Morgan fingerprint density at radius 1 is 1.11 bits per heavy atom. The molecule has 0 aliphatic heterocycles. The van der Waals surface area contributed by atoms with E-state index in [0.717, 1.165) is 5.56 Å². The Hall–Kier alpha value is -2.23. The van der Waals surface area contributed by atoms with Gasteiger partial charge in [-0.25, -0.2) is 4.39 Å². The quantitative estimate of drug-likeness (QED) is 0.789. The lowest BCUT2D eigenvalue weighted by Crippen LogP contribution is -2.08. The fourth-order valence-corrected chi connectivity index (χ4v) is 1.96. The predicted molar refractivity (Wildman–Crippen MR) is 72.9 cm³/mol. The number of anilines is 1. The molecular weight excluding hydrogens is 245 g/mol. The summed E-state index contributed by atoms with van der Waals surface area (Å²) in [4.78, 5) is 0. The number of rotatable bonds is 3. The van der Waals surface area contributed by atoms with Crippen LogP contribution in [0.4, 0.5) is 10.1 Å². The summed E-state index contributed by atoms with van der Waals surface area (Å²) in [6, 6.07) is 8.74. The van der Waals surface area contributed by atoms with Crippen molar-refractivity contribution < 1.29 is 14.6 Å². The smallest absolute Gasteiger partial charge is 0.125 e. The largest absolute Gasteiger partial charge is 0.508 e. The van der Waals surface area contributed by atoms with Crippen LogP contribution in [-0.4, -0.2) is 10.2 Å². The fourth-order valence-electron chi connectivity index (χ4n) is 1.96. The number of nitrogens with one attached hydrogen (secondary N) is 1. The molecule has 2 rings (SSSR count). The van der Waals surface area contributed by atoms with Gasteiger partial charge in [-0.2, -0.15) is 0 Å². The summed E-state index contributed by atoms with van der Waals surface area (Å²) in [5, 5.41) is 22.2. The minimum absolute atomic E-state index is 0.00839. The number of benzene rings is 2. The number of hydrogen-bond acceptors (Lipinski definition) is 3. The third kappa shape index (κ3) is 2.96. The van der Waals surface area contributed by atoms with Crippen molar-refractivity contribution in [2.24, 2.45) is 0 Å². The lowest BCUT2D eigenvalue weighted by Gasteiger charge is -2.18. The van der Waals surface area contributed by atoms with Gasteiger partial charge in [0, 0.05) is 17.3 Å². The van der Waals surface area contributed by atoms with Crippen LogP contribution in [-0.2, 0) is 0 Å². The molecule has 1 atom stereocenters. The van der Waals surface area contributed by atoms with Gasteiger partial charge in [0.15, 0.2) is 0 Å². The van der Waals surface area contributed by atoms with Crippen LogP contribution < -0.4 is 5.32 Å². The van der Waals surface area contributed by atoms with Gasteiger partial charge in [0.2, 0.25) is 0 Å². The standard InChI is InChI=1S/C15H16FNO2/c1-9-3-4-11(16)7-14(9)17-10(2)13-6-5-12(18)8-15(13)19/h3-8,10,17-19H,1-2H3. The number of hydrogen-bond donors (Lipinski definition) is 3. The normalized spacial score (nSPS) is 12.2. The van der Waals surface area contributed by atoms with Crippen molar-refractivity contribution in [1.82, 2.24) is 0 Å². The number of halogens is 1. The molecule has 4 heteroatoms. The summed E-state index contributed by atoms with van der Waals surface area (Å²) < 4.78 is 13.2. The Balaban J connectivity index is 2.25. The third-order valence-corrected chi connectivity index (χ3v) is 3.05. The van der Waals surface area contributed by atoms with Crippen LogP contribution in [0.1, 0.15) is 24.1 Å². The minimum Gasteiger partial charge on any atom is -0.508 e. The van der Waals surface area contributed by atoms with E-state index in [1.54, 1.807) is 12.1 Å². The molecule has 0 amide bonds. The molecule has 0 aliphatic carbocycles. The van der Waals surface area contributed by atoms with Crippen LogP contribution in [0.3, 0.4) is 0 Å². The fraction of sp³-hybridized carbons (Fsp3) is 0.200. The van der Waals surface area contributed by atoms with Crippen LogP contribution >= 0.6 is 0 Å². The molecule has 0 aromatic heterocycles. The van der Waals surface area contributed by atoms with Crippen molar-refractivity contribution in [3.8, 4) is 11.5 Å². The first-order valence-electron chi connectivity index (χ1n) is 6.02. The molecule has 0 bridgehead atoms. The van der Waals surface area contributed by atoms with Gasteiger partial charge in [-0.05, 0) is 43.7 Å². The molecule has 19 heavy (non-hydrogen) atoms. The monoisotopic (exact) mass is 261 g/mol. The molecule has 1 unspecified atom stereocenters. The lowest BCUT2D eigenvalue weighted by molar-refractivity contribution is 0.444. The maximum Gasteiger partial charge on any atom is 0.125 e. The molecule has 2 aromatic rings. The SMILES string of the molecule is Cc1ccc(F)cc1NC(C)c1ccc(O)cc1O. The van der Waals surface area contributed by atoms with Crippen LogP contribution in [0.5, 0.6) is 11.5 Å². The molecule has 0 spiro atoms. The Morgan fingerprint density at radius 2 is 1.84 bits per heavy atom. The maximum atomic E-state index is 13.2. The first-order chi connectivity index (χ1) is 8.97. The van der Waals surface area contributed by atoms with E-state index >= 15 is 0 Å². The third-order valence-electron chi connectivity index (χ3n) is 3.05. The molecule has 3 N–H and O–H groups in total. The summed E-state index contributed by atoms with van der Waals surface area (Å²) in [7, 11) is 0. The molecule has 0 saturated heterocycles. The molecule has 0 saturated carbocycles. The zero-order valence-corrected chi connectivity index (χ0v) is 10.8. The summed E-state index contributed by atoms with van der Waals surface area (Å²) >= 11 is 0. The highest BCUT2D eigenvalue weighted by molar-refractivity contribution is 5.53. The molecule has 0 heterocycles. The van der Waals surface area contributed by atoms with Crippen molar-refractivity contribution in [2.75, 3.05) is 5.32 Å². The van der Waals surface area contributed by atoms with E-state index in [1.165, 1.54) is 24.3 Å². The first-order valence-corrected chi connectivity index (χ1v) is 6.02. The molecule has 0 fully saturated rings. The first kappa shape index (κ1) is 13.2. The van der Waals surface area contributed by atoms with Crippen molar-refractivity contribution >= 4 is 5.69 Å². The second-order valence-electron chi connectivity index (χ2n) is 4.57. The maximum absolute atomic E-state index is 13.2. The van der Waals surface area contributed by atoms with Gasteiger partial charge in [0.1, 0.15) is 17.3 Å². The lowest BCUT2D eigenvalue weighted by atomic mass is 10.1. The Bertz CT molecular complexity index is 599. The Labute approximate surface area is 111 Å². The van der Waals surface area contributed by atoms with Crippen molar-refractivity contribution in [2.45, 2.75) is 19.9 Å². The molecular formula is C15H16FNO2. The zero-order chi connectivity index (χ0) is 14.0. The van der Waals surface area contributed by atoms with Gasteiger partial charge >= 0.3 is 0 Å². The molecule has 100 valence electrons. The highest BCUT2D eigenvalue weighted by Crippen LogP contribution is 2.30. The van der Waals surface area contributed by atoms with Gasteiger partial charge < -0.3 is 15.5 Å². The van der Waals surface area contributed by atoms with Crippen LogP contribution in [0.15, 0.2) is 36.4 Å². The summed E-state index contributed by atoms with van der Waals surface area (Å²) in [6.07, 6.45) is 0. The van der Waals surface area contributed by atoms with E-state index in [4.69, 9.17) is 0 Å². The van der Waals surface area contributed by atoms with Gasteiger partial charge in [-0.1, -0.05) is 6.07 Å². The predicted octanol–water partition coefficient (Wildman–Crippen LogP) is 3.72. The van der Waals surface area contributed by atoms with E-state index in [-0.39, 0.29) is 23.4 Å². The van der Waals surface area contributed by atoms with Gasteiger partial charge in [0.05, 0.1) is 6.04 Å². The Morgan fingerprint density at radius 3 is 2.53 bits per heavy atom. The molecule has 2 aromatic carbocycles. The van der Waals surface area contributed by atoms with Gasteiger partial charge in [-0.15, -0.1) is 0 Å². The number of aryl methyl sites for hydroxylation is 1. The molecule has 0 radical (unpaired) electrons. The van der Waals surface area contributed by atoms with Crippen LogP contribution in [0.2, 0.25) is 0 Å². The average molecular weight is 261 g/mol. The minimum atomic E-state index is -0.310. The van der Waals surface area contributed by atoms with Crippen molar-refractivity contribution in [1.29, 1.82) is 0 Å². The number of aromatic hydroxyl groups is 2. The van der Waals surface area contributed by atoms with Gasteiger partial charge in [0.25, 0.3) is 0 Å². The summed E-state index contributed by atoms with van der Waals surface area (Å²) in [5.41, 5.74) is 2.24. The van der Waals surface area contributed by atoms with E-state index in [0.29, 0.717) is 11.3 Å². The molecule has 0 aliphatic rings. The van der Waals surface area contributed by atoms with Crippen molar-refractivity contribution in [3.63, 3.8) is 0 Å². The van der Waals surface area contributed by atoms with Crippen molar-refractivity contribution in [3.05, 3.63) is 53.3 Å². The average Bonchev–Trinajstić information content (AvgIpc) is 2.33. The zero-order valence-electron chi connectivity index (χ0n) is 10.8. The Kier molecular flexibility index (Phi) is 3.60. The van der Waals surface area contributed by atoms with Crippen LogP contribution in [0.25, 0.3) is 0 Å².